The molecular weight excluding hydrogens is 402 g/mol. The summed E-state index contributed by atoms with van der Waals surface area (Å²) in [6.07, 6.45) is 1.03. The molecule has 3 rings (SSSR count). The fourth-order valence-electron chi connectivity index (χ4n) is 3.33. The summed E-state index contributed by atoms with van der Waals surface area (Å²) in [5, 5.41) is 0. The van der Waals surface area contributed by atoms with Gasteiger partial charge in [-0.15, -0.1) is 0 Å². The molecule has 27 heavy (non-hydrogen) atoms. The lowest BCUT2D eigenvalue weighted by molar-refractivity contribution is 0.0716. The van der Waals surface area contributed by atoms with Crippen molar-refractivity contribution >= 4 is 32.9 Å². The van der Waals surface area contributed by atoms with Crippen molar-refractivity contribution in [1.29, 1.82) is 0 Å². The third-order valence-electron chi connectivity index (χ3n) is 4.48. The van der Waals surface area contributed by atoms with Crippen molar-refractivity contribution in [2.45, 2.75) is 40.3 Å². The first-order valence-electron chi connectivity index (χ1n) is 9.48. The average molecular weight is 428 g/mol. The Morgan fingerprint density at radius 1 is 1.15 bits per heavy atom. The Bertz CT molecular complexity index is 915. The summed E-state index contributed by atoms with van der Waals surface area (Å²) in [6, 6.07) is 15.7. The fourth-order valence-corrected chi connectivity index (χ4v) is 3.59. The molecule has 1 amide bonds. The molecule has 2 aromatic carbocycles. The van der Waals surface area contributed by atoms with Crippen LogP contribution in [0.15, 0.2) is 53.0 Å². The minimum absolute atomic E-state index is 0.0475. The number of halogens is 1. The zero-order valence-corrected chi connectivity index (χ0v) is 17.7. The van der Waals surface area contributed by atoms with Crippen LogP contribution in [0.4, 0.5) is 0 Å². The number of aromatic nitrogens is 2. The minimum Gasteiger partial charge on any atom is -0.331 e. The summed E-state index contributed by atoms with van der Waals surface area (Å²) >= 11 is 3.43. The Morgan fingerprint density at radius 3 is 2.52 bits per heavy atom. The number of carbonyl (C=O) groups excluding carboxylic acids is 1. The largest absolute Gasteiger partial charge is 0.331 e. The molecule has 0 aliphatic rings. The van der Waals surface area contributed by atoms with Gasteiger partial charge in [0, 0.05) is 23.1 Å². The quantitative estimate of drug-likeness (QED) is 0.498. The monoisotopic (exact) mass is 427 g/mol. The molecule has 0 radical (unpaired) electrons. The van der Waals surface area contributed by atoms with E-state index in [0.29, 0.717) is 24.6 Å². The van der Waals surface area contributed by atoms with E-state index in [2.05, 4.69) is 47.3 Å². The molecule has 142 valence electrons. The van der Waals surface area contributed by atoms with Gasteiger partial charge in [0.05, 0.1) is 17.6 Å². The molecule has 0 saturated carbocycles. The first kappa shape index (κ1) is 19.6. The zero-order chi connectivity index (χ0) is 19.4. The molecule has 0 bridgehead atoms. The predicted octanol–water partition coefficient (Wildman–Crippen LogP) is 5.51. The molecule has 1 aromatic heterocycles. The Balaban J connectivity index is 1.95. The Labute approximate surface area is 169 Å². The van der Waals surface area contributed by atoms with E-state index in [1.807, 2.05) is 47.4 Å². The highest BCUT2D eigenvalue weighted by Crippen LogP contribution is 2.20. The number of hydrogen-bond donors (Lipinski definition) is 0. The van der Waals surface area contributed by atoms with E-state index in [0.717, 1.165) is 34.3 Å². The second-order valence-corrected chi connectivity index (χ2v) is 8.17. The SMILES string of the molecule is CCCn1c(CN(CC(C)C)C(=O)c2ccc(Br)cc2)nc2ccccc21. The Hall–Kier alpha value is -2.14. The van der Waals surface area contributed by atoms with Crippen LogP contribution in [0.3, 0.4) is 0 Å². The van der Waals surface area contributed by atoms with Crippen LogP contribution >= 0.6 is 15.9 Å². The van der Waals surface area contributed by atoms with Crippen LogP contribution in [-0.4, -0.2) is 26.9 Å². The number of para-hydroxylation sites is 2. The van der Waals surface area contributed by atoms with Crippen LogP contribution < -0.4 is 0 Å². The van der Waals surface area contributed by atoms with Gasteiger partial charge < -0.3 is 9.47 Å². The number of carbonyl (C=O) groups is 1. The van der Waals surface area contributed by atoms with Gasteiger partial charge in [-0.3, -0.25) is 4.79 Å². The number of nitrogens with zero attached hydrogens (tertiary/aromatic N) is 3. The standard InChI is InChI=1S/C22H26BrN3O/c1-4-13-26-20-8-6-5-7-19(20)24-21(26)15-25(14-16(2)3)22(27)17-9-11-18(23)12-10-17/h5-12,16H,4,13-15H2,1-3H3. The average Bonchev–Trinajstić information content (AvgIpc) is 2.99. The molecule has 0 aliphatic heterocycles. The van der Waals surface area contributed by atoms with E-state index >= 15 is 0 Å². The van der Waals surface area contributed by atoms with Crippen LogP contribution in [0.2, 0.25) is 0 Å². The van der Waals surface area contributed by atoms with Crippen molar-refractivity contribution in [3.05, 3.63) is 64.4 Å². The van der Waals surface area contributed by atoms with E-state index in [9.17, 15) is 4.79 Å². The van der Waals surface area contributed by atoms with Crippen molar-refractivity contribution < 1.29 is 4.79 Å². The smallest absolute Gasteiger partial charge is 0.254 e. The molecule has 0 saturated heterocycles. The van der Waals surface area contributed by atoms with Gasteiger partial charge in [-0.25, -0.2) is 4.98 Å². The third kappa shape index (κ3) is 4.59. The molecule has 3 aromatic rings. The summed E-state index contributed by atoms with van der Waals surface area (Å²) in [5.74, 6) is 1.38. The topological polar surface area (TPSA) is 38.1 Å². The van der Waals surface area contributed by atoms with Crippen LogP contribution in [-0.2, 0) is 13.1 Å². The maximum atomic E-state index is 13.2. The Kier molecular flexibility index (Phi) is 6.32. The molecule has 0 N–H and O–H groups in total. The van der Waals surface area contributed by atoms with Crippen molar-refractivity contribution in [1.82, 2.24) is 14.5 Å². The number of benzene rings is 2. The van der Waals surface area contributed by atoms with Crippen molar-refractivity contribution in [2.75, 3.05) is 6.54 Å². The number of imidazole rings is 1. The number of fused-ring (bicyclic) bond motifs is 1. The summed E-state index contributed by atoms with van der Waals surface area (Å²) in [7, 11) is 0. The number of hydrogen-bond acceptors (Lipinski definition) is 2. The van der Waals surface area contributed by atoms with Crippen LogP contribution in [0.25, 0.3) is 11.0 Å². The molecule has 0 spiro atoms. The van der Waals surface area contributed by atoms with Gasteiger partial charge >= 0.3 is 0 Å². The maximum Gasteiger partial charge on any atom is 0.254 e. The summed E-state index contributed by atoms with van der Waals surface area (Å²) < 4.78 is 3.22. The van der Waals surface area contributed by atoms with Gasteiger partial charge in [-0.1, -0.05) is 48.8 Å². The van der Waals surface area contributed by atoms with Gasteiger partial charge in [0.15, 0.2) is 0 Å². The zero-order valence-electron chi connectivity index (χ0n) is 16.2. The number of rotatable bonds is 7. The maximum absolute atomic E-state index is 13.2. The van der Waals surface area contributed by atoms with E-state index in [1.54, 1.807) is 0 Å². The molecule has 0 fully saturated rings. The fraction of sp³-hybridized carbons (Fsp3) is 0.364. The first-order valence-corrected chi connectivity index (χ1v) is 10.3. The minimum atomic E-state index is 0.0475. The van der Waals surface area contributed by atoms with Gasteiger partial charge in [0.1, 0.15) is 5.82 Å². The first-order chi connectivity index (χ1) is 13.0. The normalized spacial score (nSPS) is 11.3. The third-order valence-corrected chi connectivity index (χ3v) is 5.01. The van der Waals surface area contributed by atoms with Gasteiger partial charge in [0.2, 0.25) is 0 Å². The van der Waals surface area contributed by atoms with E-state index in [4.69, 9.17) is 4.98 Å². The molecule has 0 unspecified atom stereocenters. The van der Waals surface area contributed by atoms with Crippen molar-refractivity contribution in [2.24, 2.45) is 5.92 Å². The lowest BCUT2D eigenvalue weighted by Crippen LogP contribution is -2.34. The Morgan fingerprint density at radius 2 is 1.85 bits per heavy atom. The van der Waals surface area contributed by atoms with E-state index in [-0.39, 0.29) is 5.91 Å². The summed E-state index contributed by atoms with van der Waals surface area (Å²) in [5.41, 5.74) is 2.83. The van der Waals surface area contributed by atoms with Gasteiger partial charge in [-0.05, 0) is 48.7 Å². The van der Waals surface area contributed by atoms with Crippen LogP contribution in [0.5, 0.6) is 0 Å². The summed E-state index contributed by atoms with van der Waals surface area (Å²) in [6.45, 7) is 8.55. The molecule has 5 heteroatoms. The van der Waals surface area contributed by atoms with Crippen LogP contribution in [0.1, 0.15) is 43.4 Å². The van der Waals surface area contributed by atoms with Crippen molar-refractivity contribution in [3.8, 4) is 0 Å². The molecule has 1 heterocycles. The molecule has 4 nitrogen and oxygen atoms in total. The van der Waals surface area contributed by atoms with E-state index in [1.165, 1.54) is 0 Å². The second-order valence-electron chi connectivity index (χ2n) is 7.25. The molecular formula is C22H26BrN3O. The lowest BCUT2D eigenvalue weighted by Gasteiger charge is -2.25. The van der Waals surface area contributed by atoms with Crippen LogP contribution in [0, 0.1) is 5.92 Å². The van der Waals surface area contributed by atoms with Gasteiger partial charge in [0.25, 0.3) is 5.91 Å². The predicted molar refractivity (Wildman–Crippen MR) is 114 cm³/mol. The lowest BCUT2D eigenvalue weighted by atomic mass is 10.1. The highest BCUT2D eigenvalue weighted by Gasteiger charge is 2.20. The summed E-state index contributed by atoms with van der Waals surface area (Å²) in [4.78, 5) is 19.9. The second kappa shape index (κ2) is 8.70. The number of aryl methyl sites for hydroxylation is 1. The van der Waals surface area contributed by atoms with Crippen molar-refractivity contribution in [3.63, 3.8) is 0 Å². The highest BCUT2D eigenvalue weighted by atomic mass is 79.9. The number of amides is 1. The molecule has 0 atom stereocenters. The van der Waals surface area contributed by atoms with Gasteiger partial charge in [-0.2, -0.15) is 0 Å². The molecule has 0 aliphatic carbocycles. The highest BCUT2D eigenvalue weighted by molar-refractivity contribution is 9.10. The van der Waals surface area contributed by atoms with E-state index < -0.39 is 0 Å².